The minimum Gasteiger partial charge on any atom is -0.493 e. The van der Waals surface area contributed by atoms with Crippen molar-refractivity contribution in [3.05, 3.63) is 44.4 Å². The van der Waals surface area contributed by atoms with Crippen molar-refractivity contribution in [3.63, 3.8) is 0 Å². The van der Waals surface area contributed by atoms with Gasteiger partial charge in [0.1, 0.15) is 19.8 Å². The van der Waals surface area contributed by atoms with Crippen LogP contribution in [-0.2, 0) is 9.59 Å². The van der Waals surface area contributed by atoms with Crippen molar-refractivity contribution in [2.24, 2.45) is 0 Å². The van der Waals surface area contributed by atoms with Crippen LogP contribution in [-0.4, -0.2) is 55.4 Å². The lowest BCUT2D eigenvalue weighted by molar-refractivity contribution is -0.127. The van der Waals surface area contributed by atoms with Gasteiger partial charge in [0.25, 0.3) is 11.1 Å². The topological polar surface area (TPSA) is 103 Å². The first kappa shape index (κ1) is 24.2. The quantitative estimate of drug-likeness (QED) is 0.376. The molecular formula is C23H21IN2O7S. The van der Waals surface area contributed by atoms with Crippen LogP contribution in [0.3, 0.4) is 0 Å². The highest BCUT2D eigenvalue weighted by molar-refractivity contribution is 14.1. The molecule has 0 atom stereocenters. The number of nitrogens with zero attached hydrogens (tertiary/aromatic N) is 1. The van der Waals surface area contributed by atoms with Gasteiger partial charge in [-0.25, -0.2) is 0 Å². The number of halogens is 1. The zero-order valence-electron chi connectivity index (χ0n) is 18.4. The third-order valence-corrected chi connectivity index (χ3v) is 6.55. The van der Waals surface area contributed by atoms with Crippen LogP contribution in [0.2, 0.25) is 0 Å². The molecule has 0 aliphatic carbocycles. The molecule has 0 unspecified atom stereocenters. The van der Waals surface area contributed by atoms with Crippen LogP contribution in [0.1, 0.15) is 12.5 Å². The lowest BCUT2D eigenvalue weighted by Gasteiger charge is -2.19. The number of amides is 3. The number of carbonyl (C=O) groups excluding carboxylic acids is 3. The van der Waals surface area contributed by atoms with Gasteiger partial charge in [-0.1, -0.05) is 0 Å². The normalized spacial score (nSPS) is 16.1. The Hall–Kier alpha value is -2.93. The van der Waals surface area contributed by atoms with E-state index in [0.717, 1.165) is 20.2 Å². The summed E-state index contributed by atoms with van der Waals surface area (Å²) >= 11 is 2.91. The fourth-order valence-electron chi connectivity index (χ4n) is 3.36. The highest BCUT2D eigenvalue weighted by Gasteiger charge is 2.36. The fraction of sp³-hybridized carbons (Fsp3) is 0.261. The third-order valence-electron chi connectivity index (χ3n) is 4.84. The Morgan fingerprint density at radius 2 is 1.97 bits per heavy atom. The molecule has 0 radical (unpaired) electrons. The maximum Gasteiger partial charge on any atom is 0.294 e. The Bertz CT molecular complexity index is 1180. The second-order valence-electron chi connectivity index (χ2n) is 7.14. The number of ether oxygens (including phenoxy) is 4. The Kier molecular flexibility index (Phi) is 7.51. The number of anilines is 1. The highest BCUT2D eigenvalue weighted by Crippen LogP contribution is 2.37. The van der Waals surface area contributed by atoms with Gasteiger partial charge in [-0.15, -0.1) is 0 Å². The largest absolute Gasteiger partial charge is 0.493 e. The molecule has 4 rings (SSSR count). The van der Waals surface area contributed by atoms with Crippen LogP contribution in [0.5, 0.6) is 23.0 Å². The monoisotopic (exact) mass is 596 g/mol. The van der Waals surface area contributed by atoms with Gasteiger partial charge in [0.05, 0.1) is 22.2 Å². The predicted molar refractivity (Wildman–Crippen MR) is 136 cm³/mol. The summed E-state index contributed by atoms with van der Waals surface area (Å²) in [4.78, 5) is 39.0. The zero-order chi connectivity index (χ0) is 24.2. The summed E-state index contributed by atoms with van der Waals surface area (Å²) in [6.07, 6.45) is 1.60. The van der Waals surface area contributed by atoms with Gasteiger partial charge in [-0.05, 0) is 77.2 Å². The molecule has 0 saturated carbocycles. The number of rotatable bonds is 7. The van der Waals surface area contributed by atoms with E-state index in [9.17, 15) is 14.4 Å². The molecule has 1 fully saturated rings. The van der Waals surface area contributed by atoms with E-state index in [0.29, 0.717) is 54.1 Å². The molecule has 0 spiro atoms. The Balaban J connectivity index is 1.46. The summed E-state index contributed by atoms with van der Waals surface area (Å²) in [6.45, 7) is 2.85. The number of hydrogen-bond donors (Lipinski definition) is 1. The van der Waals surface area contributed by atoms with Crippen molar-refractivity contribution in [1.82, 2.24) is 4.90 Å². The molecule has 0 aromatic heterocycles. The summed E-state index contributed by atoms with van der Waals surface area (Å²) in [6, 6.07) is 8.56. The SMILES string of the molecule is CCOc1c(I)cc(/C=C2/SC(=O)N(CC(=O)Nc3ccc4c(c3)OCCO4)C2=O)cc1OC. The molecular weight excluding hydrogens is 575 g/mol. The third kappa shape index (κ3) is 5.25. The van der Waals surface area contributed by atoms with E-state index >= 15 is 0 Å². The standard InChI is InChI=1S/C23H21IN2O7S/c1-3-31-21-15(24)8-13(9-18(21)30-2)10-19-22(28)26(23(29)34-19)12-20(27)25-14-4-5-16-17(11-14)33-7-6-32-16/h4-5,8-11H,3,6-7,12H2,1-2H3,(H,25,27)/b19-10+. The Morgan fingerprint density at radius 3 is 2.71 bits per heavy atom. The van der Waals surface area contributed by atoms with Gasteiger partial charge in [-0.3, -0.25) is 19.3 Å². The second-order valence-corrected chi connectivity index (χ2v) is 9.30. The van der Waals surface area contributed by atoms with Crippen molar-refractivity contribution in [2.75, 3.05) is 38.8 Å². The molecule has 1 N–H and O–H groups in total. The minimum absolute atomic E-state index is 0.221. The predicted octanol–water partition coefficient (Wildman–Crippen LogP) is 4.14. The maximum atomic E-state index is 12.9. The summed E-state index contributed by atoms with van der Waals surface area (Å²) < 4.78 is 22.8. The highest BCUT2D eigenvalue weighted by atomic mass is 127. The second kappa shape index (κ2) is 10.6. The van der Waals surface area contributed by atoms with Gasteiger partial charge < -0.3 is 24.3 Å². The first-order valence-corrected chi connectivity index (χ1v) is 12.2. The zero-order valence-corrected chi connectivity index (χ0v) is 21.4. The first-order valence-electron chi connectivity index (χ1n) is 10.3. The van der Waals surface area contributed by atoms with Gasteiger partial charge in [0, 0.05) is 11.8 Å². The summed E-state index contributed by atoms with van der Waals surface area (Å²) in [5, 5.41) is 2.17. The van der Waals surface area contributed by atoms with Gasteiger partial charge >= 0.3 is 0 Å². The minimum atomic E-state index is -0.532. The molecule has 11 heteroatoms. The van der Waals surface area contributed by atoms with Gasteiger partial charge in [-0.2, -0.15) is 0 Å². The fourth-order valence-corrected chi connectivity index (χ4v) is 4.98. The van der Waals surface area contributed by atoms with E-state index in [2.05, 4.69) is 27.9 Å². The number of methoxy groups -OCH3 is 1. The van der Waals surface area contributed by atoms with E-state index in [1.165, 1.54) is 7.11 Å². The van der Waals surface area contributed by atoms with Crippen LogP contribution in [0.15, 0.2) is 35.2 Å². The number of benzene rings is 2. The lowest BCUT2D eigenvalue weighted by Crippen LogP contribution is -2.36. The number of nitrogens with one attached hydrogen (secondary N) is 1. The summed E-state index contributed by atoms with van der Waals surface area (Å²) in [5.41, 5.74) is 1.16. The lowest BCUT2D eigenvalue weighted by atomic mass is 10.2. The summed E-state index contributed by atoms with van der Waals surface area (Å²) in [5.74, 6) is 1.23. The Morgan fingerprint density at radius 1 is 1.21 bits per heavy atom. The molecule has 3 amide bonds. The van der Waals surface area contributed by atoms with Gasteiger partial charge in [0.2, 0.25) is 5.91 Å². The van der Waals surface area contributed by atoms with E-state index < -0.39 is 23.6 Å². The van der Waals surface area contributed by atoms with Crippen molar-refractivity contribution in [2.45, 2.75) is 6.92 Å². The molecule has 0 bridgehead atoms. The van der Waals surface area contributed by atoms with E-state index in [1.807, 2.05) is 13.0 Å². The molecule has 2 aromatic rings. The molecule has 2 aliphatic heterocycles. The van der Waals surface area contributed by atoms with Crippen molar-refractivity contribution in [3.8, 4) is 23.0 Å². The van der Waals surface area contributed by atoms with E-state index in [-0.39, 0.29) is 4.91 Å². The van der Waals surface area contributed by atoms with Gasteiger partial charge in [0.15, 0.2) is 23.0 Å². The Labute approximate surface area is 213 Å². The molecule has 34 heavy (non-hydrogen) atoms. The molecule has 178 valence electrons. The van der Waals surface area contributed by atoms with Crippen LogP contribution in [0.25, 0.3) is 6.08 Å². The van der Waals surface area contributed by atoms with Crippen molar-refractivity contribution in [1.29, 1.82) is 0 Å². The molecule has 9 nitrogen and oxygen atoms in total. The number of carbonyl (C=O) groups is 3. The summed E-state index contributed by atoms with van der Waals surface area (Å²) in [7, 11) is 1.53. The number of fused-ring (bicyclic) bond motifs is 1. The number of thioether (sulfide) groups is 1. The number of imide groups is 1. The average Bonchev–Trinajstić information content (AvgIpc) is 3.07. The van der Waals surface area contributed by atoms with E-state index in [4.69, 9.17) is 18.9 Å². The maximum absolute atomic E-state index is 12.9. The van der Waals surface area contributed by atoms with Crippen LogP contribution in [0, 0.1) is 3.57 Å². The van der Waals surface area contributed by atoms with E-state index in [1.54, 1.807) is 30.3 Å². The molecule has 1 saturated heterocycles. The smallest absolute Gasteiger partial charge is 0.294 e. The van der Waals surface area contributed by atoms with Crippen LogP contribution >= 0.6 is 34.4 Å². The van der Waals surface area contributed by atoms with Crippen LogP contribution in [0.4, 0.5) is 10.5 Å². The molecule has 2 aliphatic rings. The van der Waals surface area contributed by atoms with Crippen LogP contribution < -0.4 is 24.3 Å². The molecule has 2 heterocycles. The average molecular weight is 596 g/mol. The number of hydrogen-bond acceptors (Lipinski definition) is 8. The van der Waals surface area contributed by atoms with Crippen molar-refractivity contribution >= 4 is 63.2 Å². The molecule has 2 aromatic carbocycles. The van der Waals surface area contributed by atoms with Crippen molar-refractivity contribution < 1.29 is 33.3 Å². The first-order chi connectivity index (χ1) is 16.4.